The molecule has 2 heterocycles. The SMILES string of the molecule is CNC(=O)c1ccc2c(c1)[C@H](Nc1cccc(N3CCOCC3)c1)C[C@H](C)N2C(C)=O. The van der Waals surface area contributed by atoms with E-state index >= 15 is 0 Å². The van der Waals surface area contributed by atoms with E-state index in [1.807, 2.05) is 17.0 Å². The van der Waals surface area contributed by atoms with Crippen LogP contribution in [0.25, 0.3) is 0 Å². The predicted octanol–water partition coefficient (Wildman–Crippen LogP) is 3.18. The zero-order chi connectivity index (χ0) is 22.0. The molecule has 164 valence electrons. The number of benzene rings is 2. The van der Waals surface area contributed by atoms with Crippen molar-refractivity contribution in [2.75, 3.05) is 48.5 Å². The monoisotopic (exact) mass is 422 g/mol. The van der Waals surface area contributed by atoms with E-state index < -0.39 is 0 Å². The number of amides is 2. The fraction of sp³-hybridized carbons (Fsp3) is 0.417. The smallest absolute Gasteiger partial charge is 0.251 e. The van der Waals surface area contributed by atoms with E-state index in [0.717, 1.165) is 49.7 Å². The fourth-order valence-electron chi connectivity index (χ4n) is 4.58. The lowest BCUT2D eigenvalue weighted by molar-refractivity contribution is -0.117. The Kier molecular flexibility index (Phi) is 6.13. The van der Waals surface area contributed by atoms with Crippen LogP contribution in [0.4, 0.5) is 17.1 Å². The molecule has 2 aromatic rings. The Labute approximate surface area is 183 Å². The molecule has 0 spiro atoms. The van der Waals surface area contributed by atoms with E-state index in [9.17, 15) is 9.59 Å². The number of carbonyl (C=O) groups is 2. The van der Waals surface area contributed by atoms with E-state index in [-0.39, 0.29) is 23.9 Å². The maximum absolute atomic E-state index is 12.3. The van der Waals surface area contributed by atoms with Gasteiger partial charge in [-0.1, -0.05) is 6.07 Å². The number of fused-ring (bicyclic) bond motifs is 1. The first-order valence-corrected chi connectivity index (χ1v) is 10.8. The molecule has 0 radical (unpaired) electrons. The van der Waals surface area contributed by atoms with Gasteiger partial charge >= 0.3 is 0 Å². The van der Waals surface area contributed by atoms with Crippen LogP contribution in [0.1, 0.15) is 42.2 Å². The largest absolute Gasteiger partial charge is 0.378 e. The highest BCUT2D eigenvalue weighted by Crippen LogP contribution is 2.40. The van der Waals surface area contributed by atoms with Gasteiger partial charge in [-0.05, 0) is 55.3 Å². The van der Waals surface area contributed by atoms with E-state index in [0.29, 0.717) is 5.56 Å². The second-order valence-corrected chi connectivity index (χ2v) is 8.17. The van der Waals surface area contributed by atoms with Crippen LogP contribution < -0.4 is 20.4 Å². The van der Waals surface area contributed by atoms with Crippen molar-refractivity contribution in [1.29, 1.82) is 0 Å². The minimum Gasteiger partial charge on any atom is -0.378 e. The number of nitrogens with one attached hydrogen (secondary N) is 2. The lowest BCUT2D eigenvalue weighted by Gasteiger charge is -2.40. The number of morpholine rings is 1. The third kappa shape index (κ3) is 4.37. The van der Waals surface area contributed by atoms with Gasteiger partial charge in [-0.15, -0.1) is 0 Å². The van der Waals surface area contributed by atoms with E-state index in [1.165, 1.54) is 5.69 Å². The Morgan fingerprint density at radius 1 is 1.10 bits per heavy atom. The molecule has 0 aromatic heterocycles. The first-order chi connectivity index (χ1) is 15.0. The first kappa shape index (κ1) is 21.2. The molecule has 2 aliphatic heterocycles. The van der Waals surface area contributed by atoms with Crippen LogP contribution in [0, 0.1) is 0 Å². The second-order valence-electron chi connectivity index (χ2n) is 8.17. The van der Waals surface area contributed by atoms with Crippen LogP contribution >= 0.6 is 0 Å². The van der Waals surface area contributed by atoms with Gasteiger partial charge in [0.2, 0.25) is 5.91 Å². The number of hydrogen-bond donors (Lipinski definition) is 2. The Morgan fingerprint density at radius 2 is 1.87 bits per heavy atom. The Balaban J connectivity index is 1.66. The van der Waals surface area contributed by atoms with Gasteiger partial charge in [-0.2, -0.15) is 0 Å². The molecule has 4 rings (SSSR count). The quantitative estimate of drug-likeness (QED) is 0.792. The molecule has 31 heavy (non-hydrogen) atoms. The summed E-state index contributed by atoms with van der Waals surface area (Å²) in [7, 11) is 1.62. The summed E-state index contributed by atoms with van der Waals surface area (Å²) in [5.41, 5.74) is 4.61. The topological polar surface area (TPSA) is 73.9 Å². The summed E-state index contributed by atoms with van der Waals surface area (Å²) in [4.78, 5) is 28.7. The van der Waals surface area contributed by atoms with Crippen LogP contribution in [-0.4, -0.2) is 51.2 Å². The Morgan fingerprint density at radius 3 is 2.58 bits per heavy atom. The molecule has 0 saturated carbocycles. The van der Waals surface area contributed by atoms with Gasteiger partial charge in [0.15, 0.2) is 0 Å². The summed E-state index contributed by atoms with van der Waals surface area (Å²) in [6.45, 7) is 6.91. The van der Waals surface area contributed by atoms with Gasteiger partial charge in [0.05, 0.1) is 19.3 Å². The molecule has 1 saturated heterocycles. The van der Waals surface area contributed by atoms with Gasteiger partial charge < -0.3 is 25.2 Å². The van der Waals surface area contributed by atoms with E-state index in [2.05, 4.69) is 46.7 Å². The summed E-state index contributed by atoms with van der Waals surface area (Å²) in [6, 6.07) is 14.0. The van der Waals surface area contributed by atoms with Crippen molar-refractivity contribution in [3.63, 3.8) is 0 Å². The number of hydrogen-bond acceptors (Lipinski definition) is 5. The average molecular weight is 423 g/mol. The zero-order valence-electron chi connectivity index (χ0n) is 18.4. The minimum atomic E-state index is -0.135. The maximum atomic E-state index is 12.3. The molecule has 2 atom stereocenters. The lowest BCUT2D eigenvalue weighted by atomic mass is 9.90. The standard InChI is InChI=1S/C24H30N4O3/c1-16-13-22(26-19-5-4-6-20(15-19)27-9-11-31-12-10-27)21-14-18(24(30)25-3)7-8-23(21)28(16)17(2)29/h4-8,14-16,22,26H,9-13H2,1-3H3,(H,25,30)/t16-,22+/m0/s1. The molecule has 2 amide bonds. The van der Waals surface area contributed by atoms with Crippen molar-refractivity contribution in [2.24, 2.45) is 0 Å². The van der Waals surface area contributed by atoms with E-state index in [1.54, 1.807) is 20.0 Å². The number of carbonyl (C=O) groups excluding carboxylic acids is 2. The maximum Gasteiger partial charge on any atom is 0.251 e. The highest BCUT2D eigenvalue weighted by molar-refractivity contribution is 5.97. The predicted molar refractivity (Wildman–Crippen MR) is 123 cm³/mol. The van der Waals surface area contributed by atoms with E-state index in [4.69, 9.17) is 4.74 Å². The Bertz CT molecular complexity index is 971. The molecule has 0 unspecified atom stereocenters. The number of nitrogens with zero attached hydrogens (tertiary/aromatic N) is 2. The molecular weight excluding hydrogens is 392 g/mol. The van der Waals surface area contributed by atoms with Crippen molar-refractivity contribution in [1.82, 2.24) is 5.32 Å². The summed E-state index contributed by atoms with van der Waals surface area (Å²) in [5.74, 6) is -0.127. The van der Waals surface area contributed by atoms with Crippen LogP contribution in [-0.2, 0) is 9.53 Å². The molecule has 1 fully saturated rings. The van der Waals surface area contributed by atoms with Crippen LogP contribution in [0.3, 0.4) is 0 Å². The first-order valence-electron chi connectivity index (χ1n) is 10.8. The summed E-state index contributed by atoms with van der Waals surface area (Å²) in [6.07, 6.45) is 0.756. The number of rotatable bonds is 4. The molecule has 7 heteroatoms. The summed E-state index contributed by atoms with van der Waals surface area (Å²) < 4.78 is 5.47. The molecule has 2 aliphatic rings. The van der Waals surface area contributed by atoms with Gasteiger partial charge in [0.1, 0.15) is 0 Å². The normalized spacial score (nSPS) is 20.7. The van der Waals surface area contributed by atoms with Crippen LogP contribution in [0.2, 0.25) is 0 Å². The van der Waals surface area contributed by atoms with Crippen LogP contribution in [0.15, 0.2) is 42.5 Å². The average Bonchev–Trinajstić information content (AvgIpc) is 2.79. The summed E-state index contributed by atoms with van der Waals surface area (Å²) in [5, 5.41) is 6.35. The van der Waals surface area contributed by atoms with Crippen molar-refractivity contribution < 1.29 is 14.3 Å². The number of anilines is 3. The highest BCUT2D eigenvalue weighted by atomic mass is 16.5. The highest BCUT2D eigenvalue weighted by Gasteiger charge is 2.33. The van der Waals surface area contributed by atoms with Crippen LogP contribution in [0.5, 0.6) is 0 Å². The molecule has 2 N–H and O–H groups in total. The third-order valence-electron chi connectivity index (χ3n) is 6.07. The lowest BCUT2D eigenvalue weighted by Crippen LogP contribution is -2.43. The molecular formula is C24H30N4O3. The van der Waals surface area contributed by atoms with Gasteiger partial charge in [0, 0.05) is 55.7 Å². The van der Waals surface area contributed by atoms with Gasteiger partial charge in [-0.3, -0.25) is 9.59 Å². The second kappa shape index (κ2) is 8.98. The summed E-state index contributed by atoms with van der Waals surface area (Å²) >= 11 is 0. The van der Waals surface area contributed by atoms with Crippen molar-refractivity contribution in [3.8, 4) is 0 Å². The molecule has 0 aliphatic carbocycles. The third-order valence-corrected chi connectivity index (χ3v) is 6.07. The van der Waals surface area contributed by atoms with Crippen molar-refractivity contribution in [2.45, 2.75) is 32.4 Å². The van der Waals surface area contributed by atoms with Gasteiger partial charge in [-0.25, -0.2) is 0 Å². The minimum absolute atomic E-state index is 0.00853. The van der Waals surface area contributed by atoms with Crippen molar-refractivity contribution >= 4 is 28.9 Å². The fourth-order valence-corrected chi connectivity index (χ4v) is 4.58. The molecule has 0 bridgehead atoms. The van der Waals surface area contributed by atoms with Gasteiger partial charge in [0.25, 0.3) is 5.91 Å². The van der Waals surface area contributed by atoms with Crippen molar-refractivity contribution in [3.05, 3.63) is 53.6 Å². The Hall–Kier alpha value is -3.06. The zero-order valence-corrected chi connectivity index (χ0v) is 18.4. The number of ether oxygens (including phenoxy) is 1. The molecule has 2 aromatic carbocycles. The molecule has 7 nitrogen and oxygen atoms in total.